The molecule has 0 unspecified atom stereocenters. The largest absolute Gasteiger partial charge is 0.396 e. The Labute approximate surface area is 121 Å². The Morgan fingerprint density at radius 3 is 2.85 bits per heavy atom. The van der Waals surface area contributed by atoms with Crippen LogP contribution in [-0.2, 0) is 0 Å². The van der Waals surface area contributed by atoms with Crippen molar-refractivity contribution in [1.29, 1.82) is 0 Å². The van der Waals surface area contributed by atoms with Gasteiger partial charge in [-0.25, -0.2) is 0 Å². The molecule has 7 heteroatoms. The van der Waals surface area contributed by atoms with Crippen LogP contribution in [0, 0.1) is 17.0 Å². The van der Waals surface area contributed by atoms with Crippen molar-refractivity contribution in [1.82, 2.24) is 5.32 Å². The third-order valence-corrected chi connectivity index (χ3v) is 3.72. The van der Waals surface area contributed by atoms with Gasteiger partial charge in [0.05, 0.1) is 4.92 Å². The molecule has 1 aromatic carbocycles. The number of hydrogen-bond donors (Lipinski definition) is 2. The van der Waals surface area contributed by atoms with Crippen LogP contribution in [0.2, 0.25) is 0 Å². The molecule has 0 atom stereocenters. The predicted octanol–water partition coefficient (Wildman–Crippen LogP) is 1.75. The maximum Gasteiger partial charge on any atom is 0.282 e. The Bertz CT molecular complexity index is 479. The molecule has 0 saturated carbocycles. The van der Waals surface area contributed by atoms with E-state index in [9.17, 15) is 14.9 Å². The average Bonchev–Trinajstić information content (AvgIpc) is 2.42. The highest BCUT2D eigenvalue weighted by molar-refractivity contribution is 7.99. The second kappa shape index (κ2) is 8.55. The zero-order valence-electron chi connectivity index (χ0n) is 11.3. The fourth-order valence-electron chi connectivity index (χ4n) is 1.69. The molecule has 0 fully saturated rings. The van der Waals surface area contributed by atoms with E-state index in [1.807, 2.05) is 0 Å². The second-order valence-electron chi connectivity index (χ2n) is 4.17. The SMILES string of the molecule is Cc1cccc([N+](=O)[O-])c1C(=O)NCCSCCCO. The minimum atomic E-state index is -0.544. The van der Waals surface area contributed by atoms with E-state index in [-0.39, 0.29) is 17.9 Å². The quantitative estimate of drug-likeness (QED) is 0.433. The molecule has 20 heavy (non-hydrogen) atoms. The Kier molecular flexibility index (Phi) is 7.03. The lowest BCUT2D eigenvalue weighted by Crippen LogP contribution is -2.27. The molecule has 0 aliphatic carbocycles. The maximum atomic E-state index is 12.0. The number of hydrogen-bond acceptors (Lipinski definition) is 5. The number of nitrogens with one attached hydrogen (secondary N) is 1. The van der Waals surface area contributed by atoms with Gasteiger partial charge in [0.15, 0.2) is 0 Å². The smallest absolute Gasteiger partial charge is 0.282 e. The number of carbonyl (C=O) groups is 1. The number of rotatable bonds is 8. The lowest BCUT2D eigenvalue weighted by molar-refractivity contribution is -0.385. The molecular formula is C13H18N2O4S. The van der Waals surface area contributed by atoms with Crippen molar-refractivity contribution in [3.05, 3.63) is 39.4 Å². The maximum absolute atomic E-state index is 12.0. The summed E-state index contributed by atoms with van der Waals surface area (Å²) in [5.74, 6) is 1.13. The second-order valence-corrected chi connectivity index (χ2v) is 5.40. The van der Waals surface area contributed by atoms with Crippen molar-refractivity contribution in [3.8, 4) is 0 Å². The molecule has 2 N–H and O–H groups in total. The third kappa shape index (κ3) is 4.82. The molecule has 1 rings (SSSR count). The van der Waals surface area contributed by atoms with Crippen molar-refractivity contribution in [3.63, 3.8) is 0 Å². The summed E-state index contributed by atoms with van der Waals surface area (Å²) < 4.78 is 0. The average molecular weight is 298 g/mol. The molecule has 0 saturated heterocycles. The number of aliphatic hydroxyl groups excluding tert-OH is 1. The van der Waals surface area contributed by atoms with E-state index in [4.69, 9.17) is 5.11 Å². The summed E-state index contributed by atoms with van der Waals surface area (Å²) in [4.78, 5) is 22.4. The Morgan fingerprint density at radius 2 is 2.20 bits per heavy atom. The predicted molar refractivity (Wildman–Crippen MR) is 79.2 cm³/mol. The van der Waals surface area contributed by atoms with Crippen LogP contribution in [0.4, 0.5) is 5.69 Å². The van der Waals surface area contributed by atoms with E-state index < -0.39 is 10.8 Å². The number of benzene rings is 1. The Balaban J connectivity index is 2.57. The van der Waals surface area contributed by atoms with Gasteiger partial charge in [0.1, 0.15) is 5.56 Å². The zero-order valence-corrected chi connectivity index (χ0v) is 12.1. The van der Waals surface area contributed by atoms with E-state index >= 15 is 0 Å². The standard InChI is InChI=1S/C13H18N2O4S/c1-10-4-2-5-11(15(18)19)12(10)13(17)14-6-9-20-8-3-7-16/h2,4-5,16H,3,6-9H2,1H3,(H,14,17). The number of aryl methyl sites for hydroxylation is 1. The summed E-state index contributed by atoms with van der Waals surface area (Å²) in [5, 5.41) is 22.2. The highest BCUT2D eigenvalue weighted by atomic mass is 32.2. The summed E-state index contributed by atoms with van der Waals surface area (Å²) in [6.07, 6.45) is 0.724. The van der Waals surface area contributed by atoms with Crippen molar-refractivity contribution in [2.75, 3.05) is 24.7 Å². The number of thioether (sulfide) groups is 1. The summed E-state index contributed by atoms with van der Waals surface area (Å²) in [5.41, 5.74) is 0.540. The van der Waals surface area contributed by atoms with Gasteiger partial charge in [-0.05, 0) is 24.7 Å². The van der Waals surface area contributed by atoms with Crippen LogP contribution in [0.15, 0.2) is 18.2 Å². The highest BCUT2D eigenvalue weighted by Crippen LogP contribution is 2.21. The van der Waals surface area contributed by atoms with Gasteiger partial charge in [0.2, 0.25) is 0 Å². The molecule has 1 amide bonds. The molecule has 1 aromatic rings. The van der Waals surface area contributed by atoms with Crippen LogP contribution >= 0.6 is 11.8 Å². The molecule has 0 aromatic heterocycles. The summed E-state index contributed by atoms with van der Waals surface area (Å²) >= 11 is 1.62. The summed E-state index contributed by atoms with van der Waals surface area (Å²) in [6, 6.07) is 4.57. The summed E-state index contributed by atoms with van der Waals surface area (Å²) in [6.45, 7) is 2.28. The van der Waals surface area contributed by atoms with Crippen molar-refractivity contribution < 1.29 is 14.8 Å². The van der Waals surface area contributed by atoms with Crippen molar-refractivity contribution in [2.24, 2.45) is 0 Å². The van der Waals surface area contributed by atoms with E-state index in [0.29, 0.717) is 17.9 Å². The van der Waals surface area contributed by atoms with Gasteiger partial charge in [-0.1, -0.05) is 12.1 Å². The van der Waals surface area contributed by atoms with Crippen LogP contribution in [0.3, 0.4) is 0 Å². The first-order valence-corrected chi connectivity index (χ1v) is 7.44. The molecule has 0 bridgehead atoms. The van der Waals surface area contributed by atoms with Crippen LogP contribution in [0.5, 0.6) is 0 Å². The van der Waals surface area contributed by atoms with Gasteiger partial charge in [-0.3, -0.25) is 14.9 Å². The zero-order chi connectivity index (χ0) is 15.0. The monoisotopic (exact) mass is 298 g/mol. The van der Waals surface area contributed by atoms with Crippen LogP contribution in [0.25, 0.3) is 0 Å². The molecular weight excluding hydrogens is 280 g/mol. The fraction of sp³-hybridized carbons (Fsp3) is 0.462. The van der Waals surface area contributed by atoms with Crippen molar-refractivity contribution in [2.45, 2.75) is 13.3 Å². The molecule has 0 aliphatic rings. The lowest BCUT2D eigenvalue weighted by Gasteiger charge is -2.08. The van der Waals surface area contributed by atoms with Gasteiger partial charge < -0.3 is 10.4 Å². The number of carbonyl (C=O) groups excluding carboxylic acids is 1. The number of nitrogens with zero attached hydrogens (tertiary/aromatic N) is 1. The van der Waals surface area contributed by atoms with Gasteiger partial charge in [0, 0.05) is 25.0 Å². The van der Waals surface area contributed by atoms with Crippen LogP contribution in [-0.4, -0.2) is 40.6 Å². The lowest BCUT2D eigenvalue weighted by atomic mass is 10.1. The van der Waals surface area contributed by atoms with E-state index in [2.05, 4.69) is 5.32 Å². The molecule has 0 heterocycles. The first kappa shape index (κ1) is 16.5. The third-order valence-electron chi connectivity index (χ3n) is 2.65. The topological polar surface area (TPSA) is 92.5 Å². The van der Waals surface area contributed by atoms with Gasteiger partial charge >= 0.3 is 0 Å². The molecule has 0 radical (unpaired) electrons. The molecule has 6 nitrogen and oxygen atoms in total. The van der Waals surface area contributed by atoms with Gasteiger partial charge in [-0.15, -0.1) is 0 Å². The van der Waals surface area contributed by atoms with E-state index in [0.717, 1.165) is 12.2 Å². The number of aliphatic hydroxyl groups is 1. The number of nitro benzene ring substituents is 1. The van der Waals surface area contributed by atoms with Crippen LogP contribution < -0.4 is 5.32 Å². The number of amides is 1. The minimum absolute atomic E-state index is 0.123. The first-order valence-electron chi connectivity index (χ1n) is 6.28. The van der Waals surface area contributed by atoms with Gasteiger partial charge in [0.25, 0.3) is 11.6 Å². The van der Waals surface area contributed by atoms with Crippen molar-refractivity contribution >= 4 is 23.4 Å². The minimum Gasteiger partial charge on any atom is -0.396 e. The number of nitro groups is 1. The molecule has 110 valence electrons. The Morgan fingerprint density at radius 1 is 1.45 bits per heavy atom. The highest BCUT2D eigenvalue weighted by Gasteiger charge is 2.21. The van der Waals surface area contributed by atoms with Gasteiger partial charge in [-0.2, -0.15) is 11.8 Å². The summed E-state index contributed by atoms with van der Waals surface area (Å²) in [7, 11) is 0. The molecule has 0 spiro atoms. The van der Waals surface area contributed by atoms with Crippen LogP contribution in [0.1, 0.15) is 22.3 Å². The first-order chi connectivity index (χ1) is 9.57. The molecule has 0 aliphatic heterocycles. The fourth-order valence-corrected chi connectivity index (χ4v) is 2.48. The van der Waals surface area contributed by atoms with E-state index in [1.165, 1.54) is 6.07 Å². The normalized spacial score (nSPS) is 10.3. The Hall–Kier alpha value is -1.60. The van der Waals surface area contributed by atoms with E-state index in [1.54, 1.807) is 30.8 Å².